The van der Waals surface area contributed by atoms with Crippen LogP contribution < -0.4 is 11.5 Å². The van der Waals surface area contributed by atoms with Crippen LogP contribution in [-0.4, -0.2) is 23.9 Å². The largest absolute Gasteiger partial charge is 0.397 e. The minimum absolute atomic E-state index is 0.115. The summed E-state index contributed by atoms with van der Waals surface area (Å²) < 4.78 is 0. The highest BCUT2D eigenvalue weighted by molar-refractivity contribution is 6.37. The number of hydrogen-bond donors (Lipinski definition) is 2. The standard InChI is InChI=1S/C19H21Cl2N3O/c20-15-9-16(18(23)17(21)10-15)19(25)24-6-4-13(5-7-24)14-3-1-2-12(8-14)11-22/h1-3,8-10,13H,4-7,11,22-23H2. The van der Waals surface area contributed by atoms with Crippen molar-refractivity contribution in [3.63, 3.8) is 0 Å². The second kappa shape index (κ2) is 7.65. The number of anilines is 1. The number of nitrogens with two attached hydrogens (primary N) is 2. The number of amides is 1. The van der Waals surface area contributed by atoms with E-state index in [1.54, 1.807) is 12.1 Å². The van der Waals surface area contributed by atoms with Gasteiger partial charge in [-0.3, -0.25) is 4.79 Å². The summed E-state index contributed by atoms with van der Waals surface area (Å²) in [4.78, 5) is 14.6. The highest BCUT2D eigenvalue weighted by Crippen LogP contribution is 2.32. The molecule has 0 radical (unpaired) electrons. The van der Waals surface area contributed by atoms with E-state index in [0.717, 1.165) is 18.4 Å². The summed E-state index contributed by atoms with van der Waals surface area (Å²) in [6, 6.07) is 11.5. The molecule has 0 unspecified atom stereocenters. The van der Waals surface area contributed by atoms with Gasteiger partial charge < -0.3 is 16.4 Å². The number of rotatable bonds is 3. The molecule has 0 aliphatic carbocycles. The van der Waals surface area contributed by atoms with Crippen LogP contribution in [0.15, 0.2) is 36.4 Å². The number of halogens is 2. The third-order valence-electron chi connectivity index (χ3n) is 4.77. The lowest BCUT2D eigenvalue weighted by molar-refractivity contribution is 0.0714. The smallest absolute Gasteiger partial charge is 0.256 e. The topological polar surface area (TPSA) is 72.3 Å². The van der Waals surface area contributed by atoms with Gasteiger partial charge in [-0.05, 0) is 42.0 Å². The van der Waals surface area contributed by atoms with E-state index in [1.165, 1.54) is 5.56 Å². The van der Waals surface area contributed by atoms with Gasteiger partial charge >= 0.3 is 0 Å². The monoisotopic (exact) mass is 377 g/mol. The number of piperidine rings is 1. The number of nitrogens with zero attached hydrogens (tertiary/aromatic N) is 1. The molecular weight excluding hydrogens is 357 g/mol. The fraction of sp³-hybridized carbons (Fsp3) is 0.316. The lowest BCUT2D eigenvalue weighted by atomic mass is 9.88. The second-order valence-corrected chi connectivity index (χ2v) is 7.21. The van der Waals surface area contributed by atoms with Crippen molar-refractivity contribution in [2.45, 2.75) is 25.3 Å². The van der Waals surface area contributed by atoms with Gasteiger partial charge in [0.2, 0.25) is 0 Å². The molecule has 0 bridgehead atoms. The van der Waals surface area contributed by atoms with Crippen LogP contribution in [0.1, 0.15) is 40.2 Å². The van der Waals surface area contributed by atoms with E-state index < -0.39 is 0 Å². The molecule has 2 aromatic carbocycles. The number of hydrogen-bond acceptors (Lipinski definition) is 3. The molecule has 0 saturated carbocycles. The highest BCUT2D eigenvalue weighted by Gasteiger charge is 2.26. The van der Waals surface area contributed by atoms with Gasteiger partial charge in [0.1, 0.15) is 0 Å². The van der Waals surface area contributed by atoms with Crippen LogP contribution in [-0.2, 0) is 6.54 Å². The summed E-state index contributed by atoms with van der Waals surface area (Å²) in [7, 11) is 0. The van der Waals surface area contributed by atoms with Gasteiger partial charge in [0.15, 0.2) is 0 Å². The van der Waals surface area contributed by atoms with Gasteiger partial charge in [0, 0.05) is 24.7 Å². The lowest BCUT2D eigenvalue weighted by Crippen LogP contribution is -2.38. The molecule has 25 heavy (non-hydrogen) atoms. The molecule has 2 aromatic rings. The first-order chi connectivity index (χ1) is 12.0. The van der Waals surface area contributed by atoms with Crippen LogP contribution in [0.4, 0.5) is 5.69 Å². The molecule has 0 aromatic heterocycles. The van der Waals surface area contributed by atoms with Crippen LogP contribution >= 0.6 is 23.2 Å². The quantitative estimate of drug-likeness (QED) is 0.792. The van der Waals surface area contributed by atoms with Crippen LogP contribution in [0, 0.1) is 0 Å². The Labute approximate surface area is 157 Å². The Bertz CT molecular complexity index is 786. The minimum atomic E-state index is -0.115. The Morgan fingerprint density at radius 1 is 1.16 bits per heavy atom. The van der Waals surface area contributed by atoms with Crippen LogP contribution in [0.25, 0.3) is 0 Å². The zero-order chi connectivity index (χ0) is 18.0. The van der Waals surface area contributed by atoms with E-state index in [4.69, 9.17) is 34.7 Å². The van der Waals surface area contributed by atoms with Crippen molar-refractivity contribution in [3.05, 3.63) is 63.1 Å². The summed E-state index contributed by atoms with van der Waals surface area (Å²) in [6.07, 6.45) is 1.82. The van der Waals surface area contributed by atoms with E-state index in [0.29, 0.717) is 41.2 Å². The van der Waals surface area contributed by atoms with Crippen molar-refractivity contribution >= 4 is 34.8 Å². The van der Waals surface area contributed by atoms with Gasteiger partial charge in [0.25, 0.3) is 5.91 Å². The van der Waals surface area contributed by atoms with Gasteiger partial charge in [0.05, 0.1) is 16.3 Å². The first-order valence-electron chi connectivity index (χ1n) is 8.32. The first kappa shape index (κ1) is 18.1. The van der Waals surface area contributed by atoms with Crippen molar-refractivity contribution in [3.8, 4) is 0 Å². The van der Waals surface area contributed by atoms with Gasteiger partial charge in [-0.25, -0.2) is 0 Å². The fourth-order valence-electron chi connectivity index (χ4n) is 3.32. The van der Waals surface area contributed by atoms with E-state index >= 15 is 0 Å². The first-order valence-corrected chi connectivity index (χ1v) is 9.08. The summed E-state index contributed by atoms with van der Waals surface area (Å²) in [5.74, 6) is 0.326. The molecule has 1 heterocycles. The average Bonchev–Trinajstić information content (AvgIpc) is 2.64. The van der Waals surface area contributed by atoms with Crippen molar-refractivity contribution in [1.82, 2.24) is 4.90 Å². The Balaban J connectivity index is 1.71. The molecule has 132 valence electrons. The SMILES string of the molecule is NCc1cccc(C2CCN(C(=O)c3cc(Cl)cc(Cl)c3N)CC2)c1. The van der Waals surface area contributed by atoms with E-state index in [2.05, 4.69) is 12.1 Å². The third kappa shape index (κ3) is 3.92. The Morgan fingerprint density at radius 3 is 2.56 bits per heavy atom. The van der Waals surface area contributed by atoms with Gasteiger partial charge in [-0.1, -0.05) is 47.5 Å². The van der Waals surface area contributed by atoms with Crippen LogP contribution in [0.5, 0.6) is 0 Å². The second-order valence-electron chi connectivity index (χ2n) is 6.36. The minimum Gasteiger partial charge on any atom is -0.397 e. The predicted molar refractivity (Wildman–Crippen MR) is 103 cm³/mol. The number of likely N-dealkylation sites (tertiary alicyclic amines) is 1. The molecule has 1 saturated heterocycles. The van der Waals surface area contributed by atoms with E-state index in [1.807, 2.05) is 17.0 Å². The molecule has 1 aliphatic rings. The Morgan fingerprint density at radius 2 is 1.88 bits per heavy atom. The summed E-state index contributed by atoms with van der Waals surface area (Å²) in [6.45, 7) is 1.90. The molecule has 0 spiro atoms. The molecule has 1 fully saturated rings. The van der Waals surface area contributed by atoms with Gasteiger partial charge in [-0.15, -0.1) is 0 Å². The van der Waals surface area contributed by atoms with Crippen LogP contribution in [0.2, 0.25) is 10.0 Å². The maximum atomic E-state index is 12.8. The van der Waals surface area contributed by atoms with E-state index in [-0.39, 0.29) is 11.6 Å². The number of carbonyl (C=O) groups is 1. The maximum Gasteiger partial charge on any atom is 0.256 e. The molecule has 3 rings (SSSR count). The molecule has 1 amide bonds. The number of carbonyl (C=O) groups excluding carboxylic acids is 1. The number of benzene rings is 2. The fourth-order valence-corrected chi connectivity index (χ4v) is 3.82. The molecule has 1 aliphatic heterocycles. The van der Waals surface area contributed by atoms with Crippen molar-refractivity contribution in [2.24, 2.45) is 5.73 Å². The average molecular weight is 378 g/mol. The molecule has 4 N–H and O–H groups in total. The maximum absolute atomic E-state index is 12.8. The van der Waals surface area contributed by atoms with Crippen molar-refractivity contribution in [2.75, 3.05) is 18.8 Å². The van der Waals surface area contributed by atoms with Crippen LogP contribution in [0.3, 0.4) is 0 Å². The molecular formula is C19H21Cl2N3O. The van der Waals surface area contributed by atoms with Gasteiger partial charge in [-0.2, -0.15) is 0 Å². The Hall–Kier alpha value is -1.75. The highest BCUT2D eigenvalue weighted by atomic mass is 35.5. The summed E-state index contributed by atoms with van der Waals surface area (Å²) in [5.41, 5.74) is 14.8. The Kier molecular flexibility index (Phi) is 5.52. The van der Waals surface area contributed by atoms with Crippen molar-refractivity contribution in [1.29, 1.82) is 0 Å². The number of nitrogen functional groups attached to an aromatic ring is 1. The zero-order valence-electron chi connectivity index (χ0n) is 13.8. The predicted octanol–water partition coefficient (Wildman–Crippen LogP) is 4.05. The zero-order valence-corrected chi connectivity index (χ0v) is 15.4. The third-order valence-corrected chi connectivity index (χ3v) is 5.30. The molecule has 4 nitrogen and oxygen atoms in total. The molecule has 0 atom stereocenters. The van der Waals surface area contributed by atoms with E-state index in [9.17, 15) is 4.79 Å². The lowest BCUT2D eigenvalue weighted by Gasteiger charge is -2.32. The summed E-state index contributed by atoms with van der Waals surface area (Å²) in [5, 5.41) is 0.723. The molecule has 6 heteroatoms. The van der Waals surface area contributed by atoms with Crippen molar-refractivity contribution < 1.29 is 4.79 Å². The summed E-state index contributed by atoms with van der Waals surface area (Å²) >= 11 is 12.1. The normalized spacial score (nSPS) is 15.4.